The highest BCUT2D eigenvalue weighted by molar-refractivity contribution is 5.92. The molecule has 1 amide bonds. The van der Waals surface area contributed by atoms with Crippen molar-refractivity contribution >= 4 is 11.7 Å². The number of amides is 1. The van der Waals surface area contributed by atoms with Crippen molar-refractivity contribution in [3.8, 4) is 0 Å². The van der Waals surface area contributed by atoms with Crippen molar-refractivity contribution in [2.75, 3.05) is 11.9 Å². The zero-order chi connectivity index (χ0) is 18.6. The molecule has 6 heteroatoms. The fourth-order valence-electron chi connectivity index (χ4n) is 3.19. The zero-order valence-corrected chi connectivity index (χ0v) is 14.7. The van der Waals surface area contributed by atoms with E-state index < -0.39 is 0 Å². The summed E-state index contributed by atoms with van der Waals surface area (Å²) in [7, 11) is 0. The summed E-state index contributed by atoms with van der Waals surface area (Å²) >= 11 is 0. The van der Waals surface area contributed by atoms with E-state index in [4.69, 9.17) is 0 Å². The number of fused-ring (bicyclic) bond motifs is 1. The second kappa shape index (κ2) is 7.53. The van der Waals surface area contributed by atoms with Crippen LogP contribution in [0.3, 0.4) is 0 Å². The van der Waals surface area contributed by atoms with Crippen LogP contribution in [-0.2, 0) is 19.5 Å². The number of nitrogens with one attached hydrogen (secondary N) is 1. The van der Waals surface area contributed by atoms with Crippen LogP contribution in [0.25, 0.3) is 0 Å². The predicted octanol–water partition coefficient (Wildman–Crippen LogP) is 3.43. The lowest BCUT2D eigenvalue weighted by Crippen LogP contribution is -2.36. The first-order valence-corrected chi connectivity index (χ1v) is 8.86. The molecule has 0 saturated carbocycles. The molecule has 2 aromatic carbocycles. The Kier molecular flexibility index (Phi) is 4.78. The molecule has 0 bridgehead atoms. The van der Waals surface area contributed by atoms with Crippen LogP contribution in [0.4, 0.5) is 10.2 Å². The molecule has 0 unspecified atom stereocenters. The molecule has 0 fully saturated rings. The first-order valence-electron chi connectivity index (χ1n) is 8.86. The van der Waals surface area contributed by atoms with Crippen LogP contribution in [0.1, 0.15) is 27.2 Å². The van der Waals surface area contributed by atoms with Gasteiger partial charge < -0.3 is 10.2 Å². The lowest BCUT2D eigenvalue weighted by atomic mass is 10.00. The highest BCUT2D eigenvalue weighted by atomic mass is 19.1. The SMILES string of the molecule is O=C(c1cnc(NCc2ccccc2F)cn1)N1CCc2ccccc2C1. The quantitative estimate of drug-likeness (QED) is 0.773. The van der Waals surface area contributed by atoms with Crippen molar-refractivity contribution < 1.29 is 9.18 Å². The molecule has 1 N–H and O–H groups in total. The molecule has 1 aliphatic heterocycles. The molecule has 0 aliphatic carbocycles. The Hall–Kier alpha value is -3.28. The Morgan fingerprint density at radius 1 is 1.04 bits per heavy atom. The summed E-state index contributed by atoms with van der Waals surface area (Å²) < 4.78 is 13.6. The van der Waals surface area contributed by atoms with Gasteiger partial charge in [0, 0.05) is 25.2 Å². The van der Waals surface area contributed by atoms with E-state index in [1.165, 1.54) is 29.6 Å². The van der Waals surface area contributed by atoms with Gasteiger partial charge >= 0.3 is 0 Å². The number of rotatable bonds is 4. The molecule has 27 heavy (non-hydrogen) atoms. The largest absolute Gasteiger partial charge is 0.365 e. The van der Waals surface area contributed by atoms with Gasteiger partial charge in [0.05, 0.1) is 12.4 Å². The van der Waals surface area contributed by atoms with Gasteiger partial charge in [-0.05, 0) is 23.6 Å². The topological polar surface area (TPSA) is 58.1 Å². The van der Waals surface area contributed by atoms with E-state index in [0.717, 1.165) is 6.42 Å². The monoisotopic (exact) mass is 362 g/mol. The molecule has 0 radical (unpaired) electrons. The molecule has 0 spiro atoms. The van der Waals surface area contributed by atoms with Crippen LogP contribution in [0.2, 0.25) is 0 Å². The number of benzene rings is 2. The number of carbonyl (C=O) groups is 1. The van der Waals surface area contributed by atoms with E-state index in [-0.39, 0.29) is 11.7 Å². The third-order valence-electron chi connectivity index (χ3n) is 4.71. The molecule has 0 atom stereocenters. The molecule has 0 saturated heterocycles. The highest BCUT2D eigenvalue weighted by Gasteiger charge is 2.22. The minimum absolute atomic E-state index is 0.127. The predicted molar refractivity (Wildman–Crippen MR) is 101 cm³/mol. The molecule has 1 aliphatic rings. The molecule has 2 heterocycles. The van der Waals surface area contributed by atoms with Gasteiger partial charge in [-0.2, -0.15) is 0 Å². The van der Waals surface area contributed by atoms with Crippen LogP contribution in [0.15, 0.2) is 60.9 Å². The van der Waals surface area contributed by atoms with Crippen LogP contribution >= 0.6 is 0 Å². The van der Waals surface area contributed by atoms with Gasteiger partial charge in [-0.3, -0.25) is 4.79 Å². The van der Waals surface area contributed by atoms with E-state index in [0.29, 0.717) is 36.7 Å². The second-order valence-electron chi connectivity index (χ2n) is 6.48. The number of aromatic nitrogens is 2. The average Bonchev–Trinajstić information content (AvgIpc) is 2.73. The normalized spacial score (nSPS) is 13.1. The van der Waals surface area contributed by atoms with Crippen molar-refractivity contribution in [2.45, 2.75) is 19.5 Å². The van der Waals surface area contributed by atoms with Crippen molar-refractivity contribution in [2.24, 2.45) is 0 Å². The molecule has 5 nitrogen and oxygen atoms in total. The van der Waals surface area contributed by atoms with Gasteiger partial charge in [0.15, 0.2) is 0 Å². The van der Waals surface area contributed by atoms with Crippen LogP contribution in [0, 0.1) is 5.82 Å². The summed E-state index contributed by atoms with van der Waals surface area (Å²) in [5.41, 5.74) is 3.32. The minimum atomic E-state index is -0.268. The molecule has 4 rings (SSSR count). The Bertz CT molecular complexity index is 958. The van der Waals surface area contributed by atoms with Gasteiger partial charge in [-0.1, -0.05) is 42.5 Å². The van der Waals surface area contributed by atoms with Crippen LogP contribution in [-0.4, -0.2) is 27.3 Å². The summed E-state index contributed by atoms with van der Waals surface area (Å²) in [6.07, 6.45) is 3.82. The maximum absolute atomic E-state index is 13.6. The Morgan fingerprint density at radius 3 is 2.59 bits per heavy atom. The van der Waals surface area contributed by atoms with Gasteiger partial charge in [0.2, 0.25) is 0 Å². The number of hydrogen-bond donors (Lipinski definition) is 1. The fourth-order valence-corrected chi connectivity index (χ4v) is 3.19. The standard InChI is InChI=1S/C21H19FN4O/c22-18-8-4-3-6-16(18)11-24-20-13-23-19(12-25-20)21(27)26-10-9-15-5-1-2-7-17(15)14-26/h1-8,12-13H,9-11,14H2,(H,24,25). The van der Waals surface area contributed by atoms with Gasteiger partial charge in [0.1, 0.15) is 17.3 Å². The van der Waals surface area contributed by atoms with Crippen LogP contribution in [0.5, 0.6) is 0 Å². The Labute approximate surface area is 156 Å². The van der Waals surface area contributed by atoms with E-state index in [2.05, 4.69) is 27.4 Å². The van der Waals surface area contributed by atoms with Gasteiger partial charge in [-0.15, -0.1) is 0 Å². The number of hydrogen-bond acceptors (Lipinski definition) is 4. The van der Waals surface area contributed by atoms with E-state index in [9.17, 15) is 9.18 Å². The van der Waals surface area contributed by atoms with Gasteiger partial charge in [-0.25, -0.2) is 14.4 Å². The van der Waals surface area contributed by atoms with Crippen molar-refractivity contribution in [1.29, 1.82) is 0 Å². The number of carbonyl (C=O) groups excluding carboxylic acids is 1. The minimum Gasteiger partial charge on any atom is -0.365 e. The van der Waals surface area contributed by atoms with Crippen molar-refractivity contribution in [3.63, 3.8) is 0 Å². The average molecular weight is 362 g/mol. The molecule has 3 aromatic rings. The number of anilines is 1. The van der Waals surface area contributed by atoms with Crippen molar-refractivity contribution in [3.05, 3.63) is 89.1 Å². The summed E-state index contributed by atoms with van der Waals surface area (Å²) in [5, 5.41) is 3.02. The molecular formula is C21H19FN4O. The Balaban J connectivity index is 1.40. The number of halogens is 1. The lowest BCUT2D eigenvalue weighted by molar-refractivity contribution is 0.0728. The third-order valence-corrected chi connectivity index (χ3v) is 4.71. The second-order valence-corrected chi connectivity index (χ2v) is 6.48. The summed E-state index contributed by atoms with van der Waals surface area (Å²) in [6, 6.07) is 14.7. The van der Waals surface area contributed by atoms with Crippen molar-refractivity contribution in [1.82, 2.24) is 14.9 Å². The lowest BCUT2D eigenvalue weighted by Gasteiger charge is -2.28. The number of nitrogens with zero attached hydrogens (tertiary/aromatic N) is 3. The summed E-state index contributed by atoms with van der Waals surface area (Å²) in [6.45, 7) is 1.56. The van der Waals surface area contributed by atoms with Gasteiger partial charge in [0.25, 0.3) is 5.91 Å². The maximum Gasteiger partial charge on any atom is 0.274 e. The highest BCUT2D eigenvalue weighted by Crippen LogP contribution is 2.20. The first-order chi connectivity index (χ1) is 13.2. The van der Waals surface area contributed by atoms with E-state index in [1.807, 2.05) is 12.1 Å². The smallest absolute Gasteiger partial charge is 0.274 e. The summed E-state index contributed by atoms with van der Waals surface area (Å²) in [5.74, 6) is 0.103. The molecular weight excluding hydrogens is 343 g/mol. The zero-order valence-electron chi connectivity index (χ0n) is 14.7. The molecule has 136 valence electrons. The first kappa shape index (κ1) is 17.1. The van der Waals surface area contributed by atoms with E-state index >= 15 is 0 Å². The van der Waals surface area contributed by atoms with Crippen LogP contribution < -0.4 is 5.32 Å². The van der Waals surface area contributed by atoms with E-state index in [1.54, 1.807) is 23.1 Å². The fraction of sp³-hybridized carbons (Fsp3) is 0.190. The summed E-state index contributed by atoms with van der Waals surface area (Å²) in [4.78, 5) is 23.0. The maximum atomic E-state index is 13.6. The molecule has 1 aromatic heterocycles. The Morgan fingerprint density at radius 2 is 1.81 bits per heavy atom. The third kappa shape index (κ3) is 3.79.